The minimum Gasteiger partial charge on any atom is -0.0654 e. The van der Waals surface area contributed by atoms with Gasteiger partial charge in [-0.3, -0.25) is 0 Å². The molecule has 97 heavy (non-hydrogen) atoms. The molecular formula is C94H170N2Ni. The average molecular weight is 1390 g/mol. The molecule has 2 aromatic carbocycles. The van der Waals surface area contributed by atoms with E-state index in [4.69, 9.17) is 0 Å². The summed E-state index contributed by atoms with van der Waals surface area (Å²) >= 11 is 2.05. The van der Waals surface area contributed by atoms with Crippen molar-refractivity contribution in [3.05, 3.63) is 87.0 Å². The van der Waals surface area contributed by atoms with Crippen LogP contribution in [-0.2, 0) is 40.1 Å². The summed E-state index contributed by atoms with van der Waals surface area (Å²) in [6.07, 6.45) is 98.2. The van der Waals surface area contributed by atoms with Crippen LogP contribution >= 0.6 is 0 Å². The molecular weight excluding hydrogens is 1220 g/mol. The fourth-order valence-corrected chi connectivity index (χ4v) is 16.3. The molecule has 0 fully saturated rings. The summed E-state index contributed by atoms with van der Waals surface area (Å²) in [6.45, 7) is 16.1. The number of nitrogens with zero attached hydrogens (tertiary/aromatic N) is 2. The Balaban J connectivity index is 0.000000668. The quantitative estimate of drug-likeness (QED) is 0.0358. The van der Waals surface area contributed by atoms with Gasteiger partial charge in [0.2, 0.25) is 11.4 Å². The predicted octanol–water partition coefficient (Wildman–Crippen LogP) is 34.1. The number of benzene rings is 2. The molecule has 566 valence electrons. The monoisotopic (exact) mass is 1390 g/mol. The van der Waals surface area contributed by atoms with Crippen LogP contribution in [0.5, 0.6) is 0 Å². The molecule has 1 aliphatic rings. The van der Waals surface area contributed by atoms with Gasteiger partial charge in [-0.05, 0) is 111 Å². The third-order valence-corrected chi connectivity index (χ3v) is 22.9. The Morgan fingerprint density at radius 3 is 0.680 bits per heavy atom. The normalized spacial score (nSPS) is 12.4. The maximum atomic E-state index is 12.3. The summed E-state index contributed by atoms with van der Waals surface area (Å²) in [5, 5.41) is 2.87. The molecule has 1 aliphatic heterocycles. The van der Waals surface area contributed by atoms with Crippen molar-refractivity contribution in [2.45, 2.75) is 502 Å². The first-order valence-corrected chi connectivity index (χ1v) is 46.0. The molecule has 0 unspecified atom stereocenters. The molecule has 1 heterocycles. The number of rotatable bonds is 73. The summed E-state index contributed by atoms with van der Waals surface area (Å²) in [5.41, 5.74) is 23.8. The van der Waals surface area contributed by atoms with E-state index in [1.165, 1.54) is 461 Å². The van der Waals surface area contributed by atoms with Crippen molar-refractivity contribution in [2.75, 3.05) is 0 Å². The number of hydrogen-bond donors (Lipinski definition) is 0. The van der Waals surface area contributed by atoms with E-state index in [1.54, 1.807) is 4.70 Å². The smallest absolute Gasteiger partial charge is 0.0654 e. The molecule has 2 nitrogen and oxygen atoms in total. The van der Waals surface area contributed by atoms with Gasteiger partial charge in [0.15, 0.2) is 0 Å². The van der Waals surface area contributed by atoms with Crippen molar-refractivity contribution in [3.8, 4) is 0 Å². The third kappa shape index (κ3) is 53.5. The number of hydrogen-bond acceptors (Lipinski definition) is 0. The standard InChI is InChI=1S/C50H80N2.2C22H45.Ni/c1-6-11-16-19-22-27-32-44-36-45(33-28-23-20-17-12-7-2)40-48(39-44)50-46(34-29-24-21-18-13-8-3)41-49(52(50)51)47-37-42(30-25-14-9-4)35-43(38-47)31-26-15-10-5;2*1-3-5-7-9-11-13-15-17-19-21-22-20-18-16-14-12-10-8-6-4-2;/h35-41H,6-34H2,1-5H3;2*1,3-22H2,2H3;. The Bertz CT molecular complexity index is 1970. The average Bonchev–Trinajstić information content (AvgIpc) is 1.64. The van der Waals surface area contributed by atoms with Crippen molar-refractivity contribution in [1.82, 2.24) is 0 Å². The molecule has 0 saturated heterocycles. The van der Waals surface area contributed by atoms with E-state index in [9.17, 15) is 5.53 Å². The zero-order valence-corrected chi connectivity index (χ0v) is 67.9. The zero-order chi connectivity index (χ0) is 69.6. The molecule has 2 aromatic rings. The molecule has 0 saturated carbocycles. The van der Waals surface area contributed by atoms with Crippen LogP contribution in [-0.4, -0.2) is 4.70 Å². The Morgan fingerprint density at radius 1 is 0.227 bits per heavy atom. The van der Waals surface area contributed by atoms with Gasteiger partial charge in [0.25, 0.3) is 0 Å². The summed E-state index contributed by atoms with van der Waals surface area (Å²) < 4.78 is 1.60. The van der Waals surface area contributed by atoms with E-state index >= 15 is 0 Å². The maximum absolute atomic E-state index is 12.3. The molecule has 0 N–H and O–H groups in total. The van der Waals surface area contributed by atoms with Crippen molar-refractivity contribution < 1.29 is 19.1 Å². The van der Waals surface area contributed by atoms with E-state index in [-0.39, 0.29) is 0 Å². The van der Waals surface area contributed by atoms with Crippen LogP contribution in [0.2, 0.25) is 10.8 Å². The van der Waals surface area contributed by atoms with Gasteiger partial charge in [-0.1, -0.05) is 298 Å². The fraction of sp³-hybridized carbons (Fsp3) is 0.830. The van der Waals surface area contributed by atoms with E-state index in [0.29, 0.717) is 0 Å². The SMILES string of the molecule is CCCCCCCCC1=C(c2cc(CCCCCCCC)cc(CCCCCCCC)c2)[N+](=[N-])C(c2cc(CCCCC)cc(CCCCC)c2)=C1.CCCCCCCCCCCCCCCCCCCCC[CH2][Ni][CH2]CCCCCCCCCCCCCCCCCCCCC. The van der Waals surface area contributed by atoms with Gasteiger partial charge in [-0.25, -0.2) is 4.70 Å². The first-order chi connectivity index (χ1) is 48.0. The molecule has 0 aliphatic carbocycles. The van der Waals surface area contributed by atoms with Gasteiger partial charge >= 0.3 is 166 Å². The first kappa shape index (κ1) is 91.1. The summed E-state index contributed by atoms with van der Waals surface area (Å²) in [6, 6.07) is 14.6. The molecule has 0 amide bonds. The van der Waals surface area contributed by atoms with Crippen LogP contribution in [0.25, 0.3) is 16.9 Å². The molecule has 3 rings (SSSR count). The summed E-state index contributed by atoms with van der Waals surface area (Å²) in [7, 11) is 0. The molecule has 0 atom stereocenters. The molecule has 0 spiro atoms. The Labute approximate surface area is 615 Å². The van der Waals surface area contributed by atoms with Gasteiger partial charge in [0.1, 0.15) is 0 Å². The second-order valence-electron chi connectivity index (χ2n) is 31.2. The summed E-state index contributed by atoms with van der Waals surface area (Å²) in [5.74, 6) is 0. The van der Waals surface area contributed by atoms with Crippen LogP contribution in [0.15, 0.2) is 48.0 Å². The van der Waals surface area contributed by atoms with E-state index < -0.39 is 0 Å². The second-order valence-corrected chi connectivity index (χ2v) is 32.6. The van der Waals surface area contributed by atoms with Crippen LogP contribution in [0.4, 0.5) is 0 Å². The minimum atomic E-state index is 0.976. The first-order valence-electron chi connectivity index (χ1n) is 44.6. The number of unbranched alkanes of at least 4 members (excludes halogenated alkanes) is 57. The van der Waals surface area contributed by atoms with Gasteiger partial charge in [0, 0.05) is 22.8 Å². The van der Waals surface area contributed by atoms with Gasteiger partial charge in [0.05, 0.1) is 0 Å². The number of allylic oxidation sites excluding steroid dienone is 2. The topological polar surface area (TPSA) is 25.3 Å². The van der Waals surface area contributed by atoms with Crippen LogP contribution < -0.4 is 0 Å². The minimum absolute atomic E-state index is 0.976. The van der Waals surface area contributed by atoms with Crippen LogP contribution in [0, 0.1) is 0 Å². The number of aryl methyl sites for hydroxylation is 4. The zero-order valence-electron chi connectivity index (χ0n) is 67.0. The van der Waals surface area contributed by atoms with Gasteiger partial charge < -0.3 is 5.53 Å². The van der Waals surface area contributed by atoms with E-state index in [2.05, 4.69) is 90.9 Å². The van der Waals surface area contributed by atoms with E-state index in [0.717, 1.165) is 43.5 Å². The third-order valence-electron chi connectivity index (χ3n) is 21.5. The van der Waals surface area contributed by atoms with Gasteiger partial charge in [-0.2, -0.15) is 0 Å². The Morgan fingerprint density at radius 2 is 0.423 bits per heavy atom. The Kier molecular flexibility index (Phi) is 66.7. The predicted molar refractivity (Wildman–Crippen MR) is 436 cm³/mol. The van der Waals surface area contributed by atoms with Gasteiger partial charge in [-0.15, -0.1) is 0 Å². The van der Waals surface area contributed by atoms with E-state index in [1.807, 2.05) is 14.4 Å². The molecule has 3 heteroatoms. The van der Waals surface area contributed by atoms with Crippen molar-refractivity contribution in [1.29, 1.82) is 0 Å². The van der Waals surface area contributed by atoms with Crippen molar-refractivity contribution in [3.63, 3.8) is 0 Å². The molecule has 0 aromatic heterocycles. The van der Waals surface area contributed by atoms with Crippen LogP contribution in [0.3, 0.4) is 0 Å². The van der Waals surface area contributed by atoms with Crippen molar-refractivity contribution >= 4 is 11.4 Å². The Hall–Kier alpha value is -1.99. The molecule has 0 bridgehead atoms. The van der Waals surface area contributed by atoms with Crippen molar-refractivity contribution in [2.24, 2.45) is 0 Å². The molecule has 0 radical (unpaired) electrons. The summed E-state index contributed by atoms with van der Waals surface area (Å²) in [4.78, 5) is 0. The van der Waals surface area contributed by atoms with Crippen LogP contribution in [0.1, 0.15) is 499 Å². The second kappa shape index (κ2) is 71.0. The fourth-order valence-electron chi connectivity index (χ4n) is 15.0.